The molecule has 6 nitrogen and oxygen atoms in total. The Labute approximate surface area is 128 Å². The fraction of sp³-hybridized carbons (Fsp3) is 0.312. The molecule has 3 rings (SSSR count). The Hall–Kier alpha value is -2.47. The summed E-state index contributed by atoms with van der Waals surface area (Å²) < 4.78 is 1.72. The lowest BCUT2D eigenvalue weighted by Crippen LogP contribution is -2.23. The number of fused-ring (bicyclic) bond motifs is 2. The van der Waals surface area contributed by atoms with Crippen LogP contribution in [0.4, 0.5) is 0 Å². The summed E-state index contributed by atoms with van der Waals surface area (Å²) in [4.78, 5) is 22.3. The van der Waals surface area contributed by atoms with Crippen molar-refractivity contribution < 1.29 is 9.63 Å². The Morgan fingerprint density at radius 1 is 1.27 bits per heavy atom. The summed E-state index contributed by atoms with van der Waals surface area (Å²) >= 11 is 0. The van der Waals surface area contributed by atoms with Crippen molar-refractivity contribution in [3.63, 3.8) is 0 Å². The number of hydrogen-bond donors (Lipinski definition) is 1. The summed E-state index contributed by atoms with van der Waals surface area (Å²) in [5.74, 6) is -0.0346. The number of carbonyl (C=O) groups excluding carboxylic acids is 1. The lowest BCUT2D eigenvalue weighted by molar-refractivity contribution is 0.102. The maximum Gasteiger partial charge on any atom is 0.212 e. The van der Waals surface area contributed by atoms with Crippen LogP contribution in [-0.2, 0) is 11.9 Å². The van der Waals surface area contributed by atoms with Crippen LogP contribution in [0, 0.1) is 0 Å². The van der Waals surface area contributed by atoms with Gasteiger partial charge >= 0.3 is 0 Å². The van der Waals surface area contributed by atoms with Crippen LogP contribution in [0.1, 0.15) is 40.2 Å². The molecule has 1 aromatic heterocycles. The highest BCUT2D eigenvalue weighted by Crippen LogP contribution is 2.26. The molecule has 6 heteroatoms. The second kappa shape index (κ2) is 6.11. The van der Waals surface area contributed by atoms with Crippen LogP contribution in [0.2, 0.25) is 0 Å². The van der Waals surface area contributed by atoms with Gasteiger partial charge < -0.3 is 15.1 Å². The number of oxime groups is 1. The maximum atomic E-state index is 12.6. The van der Waals surface area contributed by atoms with Crippen molar-refractivity contribution in [1.29, 1.82) is 0 Å². The number of aryl methyl sites for hydroxylation is 1. The molecule has 2 aromatic rings. The van der Waals surface area contributed by atoms with E-state index >= 15 is 0 Å². The Morgan fingerprint density at radius 3 is 2.82 bits per heavy atom. The van der Waals surface area contributed by atoms with Gasteiger partial charge in [0.2, 0.25) is 5.78 Å². The highest BCUT2D eigenvalue weighted by Gasteiger charge is 2.32. The predicted octanol–water partition coefficient (Wildman–Crippen LogP) is 1.47. The zero-order valence-electron chi connectivity index (χ0n) is 12.5. The van der Waals surface area contributed by atoms with E-state index in [0.29, 0.717) is 35.8 Å². The Kier molecular flexibility index (Phi) is 4.02. The van der Waals surface area contributed by atoms with Crippen LogP contribution in [0.15, 0.2) is 35.7 Å². The first-order chi connectivity index (χ1) is 10.7. The van der Waals surface area contributed by atoms with Gasteiger partial charge in [-0.25, -0.2) is 4.98 Å². The molecule has 1 aromatic carbocycles. The summed E-state index contributed by atoms with van der Waals surface area (Å²) in [6.45, 7) is 1.14. The monoisotopic (exact) mass is 298 g/mol. The van der Waals surface area contributed by atoms with E-state index in [0.717, 1.165) is 18.4 Å². The Bertz CT molecular complexity index is 733. The topological polar surface area (TPSA) is 82.5 Å². The van der Waals surface area contributed by atoms with Crippen LogP contribution >= 0.6 is 0 Å². The largest absolute Gasteiger partial charge is 0.395 e. The van der Waals surface area contributed by atoms with E-state index in [1.807, 2.05) is 18.2 Å². The molecule has 0 amide bonds. The fourth-order valence-corrected chi connectivity index (χ4v) is 2.53. The van der Waals surface area contributed by atoms with Crippen molar-refractivity contribution in [3.05, 3.63) is 53.1 Å². The minimum atomic E-state index is -0.0346. The van der Waals surface area contributed by atoms with Gasteiger partial charge in [0, 0.05) is 18.2 Å². The van der Waals surface area contributed by atoms with Crippen molar-refractivity contribution in [2.24, 2.45) is 17.9 Å². The zero-order valence-corrected chi connectivity index (χ0v) is 12.5. The number of benzene rings is 1. The average Bonchev–Trinajstić information content (AvgIpc) is 2.92. The normalized spacial score (nSPS) is 14.8. The van der Waals surface area contributed by atoms with E-state index < -0.39 is 0 Å². The third-order valence-corrected chi connectivity index (χ3v) is 3.65. The molecule has 0 aliphatic heterocycles. The highest BCUT2D eigenvalue weighted by atomic mass is 16.6. The molecule has 114 valence electrons. The molecule has 1 aliphatic rings. The summed E-state index contributed by atoms with van der Waals surface area (Å²) in [6.07, 6.45) is 3.37. The van der Waals surface area contributed by atoms with Gasteiger partial charge in [-0.15, -0.1) is 0 Å². The molecule has 0 unspecified atom stereocenters. The number of nitrogens with zero attached hydrogens (tertiary/aromatic N) is 3. The summed E-state index contributed by atoms with van der Waals surface area (Å²) in [5.41, 5.74) is 8.57. The maximum absolute atomic E-state index is 12.6. The summed E-state index contributed by atoms with van der Waals surface area (Å²) in [6, 6.07) is 7.40. The van der Waals surface area contributed by atoms with Crippen LogP contribution in [0.25, 0.3) is 0 Å². The smallest absolute Gasteiger partial charge is 0.212 e. The molecule has 1 aliphatic carbocycles. The molecule has 0 fully saturated rings. The van der Waals surface area contributed by atoms with E-state index in [4.69, 9.17) is 10.6 Å². The number of ketones is 1. The molecule has 0 atom stereocenters. The van der Waals surface area contributed by atoms with Crippen molar-refractivity contribution in [2.45, 2.75) is 12.8 Å². The minimum absolute atomic E-state index is 0.0346. The van der Waals surface area contributed by atoms with Gasteiger partial charge in [-0.3, -0.25) is 4.79 Å². The van der Waals surface area contributed by atoms with Crippen molar-refractivity contribution in [1.82, 2.24) is 9.55 Å². The van der Waals surface area contributed by atoms with Gasteiger partial charge in [0.1, 0.15) is 23.7 Å². The number of imidazole rings is 1. The van der Waals surface area contributed by atoms with Crippen molar-refractivity contribution in [3.8, 4) is 0 Å². The molecule has 1 heterocycles. The van der Waals surface area contributed by atoms with Crippen molar-refractivity contribution in [2.75, 3.05) is 13.2 Å². The van der Waals surface area contributed by atoms with Crippen molar-refractivity contribution >= 4 is 11.5 Å². The number of unbranched alkanes of at least 4 members (excludes halogenated alkanes) is 1. The first kappa shape index (κ1) is 14.5. The first-order valence-electron chi connectivity index (χ1n) is 7.30. The first-order valence-corrected chi connectivity index (χ1v) is 7.30. The SMILES string of the molecule is Cn1cnc2c1C(=O)c1ccccc1/C2=N\OCCCCN. The van der Waals surface area contributed by atoms with Crippen LogP contribution < -0.4 is 5.73 Å². The molecule has 0 saturated carbocycles. The molecule has 22 heavy (non-hydrogen) atoms. The lowest BCUT2D eigenvalue weighted by Gasteiger charge is -2.17. The summed E-state index contributed by atoms with van der Waals surface area (Å²) in [5, 5.41) is 4.23. The third kappa shape index (κ3) is 2.42. The number of carbonyl (C=O) groups is 1. The van der Waals surface area contributed by atoms with Gasteiger partial charge in [-0.05, 0) is 19.4 Å². The number of aromatic nitrogens is 2. The Morgan fingerprint density at radius 2 is 2.05 bits per heavy atom. The molecule has 0 saturated heterocycles. The van der Waals surface area contributed by atoms with Crippen LogP contribution in [0.3, 0.4) is 0 Å². The molecule has 0 radical (unpaired) electrons. The minimum Gasteiger partial charge on any atom is -0.395 e. The predicted molar refractivity (Wildman–Crippen MR) is 83.0 cm³/mol. The zero-order chi connectivity index (χ0) is 15.5. The van der Waals surface area contributed by atoms with E-state index in [1.54, 1.807) is 24.0 Å². The van der Waals surface area contributed by atoms with Gasteiger partial charge in [0.25, 0.3) is 0 Å². The number of rotatable bonds is 5. The third-order valence-electron chi connectivity index (χ3n) is 3.65. The van der Waals surface area contributed by atoms with E-state index in [-0.39, 0.29) is 5.78 Å². The molecule has 2 N–H and O–H groups in total. The second-order valence-electron chi connectivity index (χ2n) is 5.20. The molecule has 0 bridgehead atoms. The quantitative estimate of drug-likeness (QED) is 0.571. The van der Waals surface area contributed by atoms with E-state index in [9.17, 15) is 4.79 Å². The standard InChI is InChI=1S/C16H18N4O2/c1-20-10-18-14-13(19-22-9-5-4-8-17)11-6-2-3-7-12(11)16(21)15(14)20/h2-3,6-7,10H,4-5,8-9,17H2,1H3/b19-13+. The average molecular weight is 298 g/mol. The number of hydrogen-bond acceptors (Lipinski definition) is 5. The lowest BCUT2D eigenvalue weighted by atomic mass is 9.89. The van der Waals surface area contributed by atoms with Gasteiger partial charge in [0.15, 0.2) is 0 Å². The number of nitrogens with two attached hydrogens (primary N) is 1. The molecule has 0 spiro atoms. The van der Waals surface area contributed by atoms with Crippen LogP contribution in [-0.4, -0.2) is 34.2 Å². The molecular formula is C16H18N4O2. The van der Waals surface area contributed by atoms with Crippen LogP contribution in [0.5, 0.6) is 0 Å². The van der Waals surface area contributed by atoms with Gasteiger partial charge in [0.05, 0.1) is 6.33 Å². The van der Waals surface area contributed by atoms with Gasteiger partial charge in [-0.2, -0.15) is 0 Å². The fourth-order valence-electron chi connectivity index (χ4n) is 2.53. The second-order valence-corrected chi connectivity index (χ2v) is 5.20. The molecular weight excluding hydrogens is 280 g/mol. The van der Waals surface area contributed by atoms with Gasteiger partial charge in [-0.1, -0.05) is 29.4 Å². The summed E-state index contributed by atoms with van der Waals surface area (Å²) in [7, 11) is 1.80. The Balaban J connectivity index is 1.98. The van der Waals surface area contributed by atoms with E-state index in [1.165, 1.54) is 0 Å². The van der Waals surface area contributed by atoms with E-state index in [2.05, 4.69) is 10.1 Å². The highest BCUT2D eigenvalue weighted by molar-refractivity contribution is 6.28.